The molecule has 0 spiro atoms. The van der Waals surface area contributed by atoms with E-state index >= 15 is 0 Å². The van der Waals surface area contributed by atoms with Crippen LogP contribution < -0.4 is 0 Å². The maximum absolute atomic E-state index is 14.3. The van der Waals surface area contributed by atoms with E-state index in [0.29, 0.717) is 23.7 Å². The molecule has 0 atom stereocenters. The molecule has 1 fully saturated rings. The zero-order valence-corrected chi connectivity index (χ0v) is 15.2. The van der Waals surface area contributed by atoms with Crippen molar-refractivity contribution in [1.29, 1.82) is 0 Å². The lowest BCUT2D eigenvalue weighted by atomic mass is 9.99. The highest BCUT2D eigenvalue weighted by Crippen LogP contribution is 2.35. The average molecular weight is 377 g/mol. The van der Waals surface area contributed by atoms with Gasteiger partial charge in [-0.3, -0.25) is 9.59 Å². The Morgan fingerprint density at radius 3 is 2.62 bits per heavy atom. The molecule has 2 amide bonds. The average Bonchev–Trinajstić information content (AvgIpc) is 2.60. The van der Waals surface area contributed by atoms with Crippen LogP contribution in [0.15, 0.2) is 30.3 Å². The molecule has 0 unspecified atom stereocenters. The van der Waals surface area contributed by atoms with E-state index in [4.69, 9.17) is 11.6 Å². The van der Waals surface area contributed by atoms with Crippen molar-refractivity contribution in [3.05, 3.63) is 52.3 Å². The number of piperazine rings is 1. The van der Waals surface area contributed by atoms with Crippen molar-refractivity contribution in [2.75, 3.05) is 26.7 Å². The van der Waals surface area contributed by atoms with Gasteiger partial charge in [0.25, 0.3) is 5.91 Å². The van der Waals surface area contributed by atoms with Gasteiger partial charge in [-0.15, -0.1) is 0 Å². The largest absolute Gasteiger partial charge is 0.507 e. The van der Waals surface area contributed by atoms with Crippen LogP contribution in [-0.4, -0.2) is 53.4 Å². The number of carbonyl (C=O) groups excluding carboxylic acids is 2. The number of phenolic OH excluding ortho intramolecular Hbond substituents is 1. The second-order valence-corrected chi connectivity index (χ2v) is 6.76. The number of halogens is 2. The van der Waals surface area contributed by atoms with Gasteiger partial charge in [0.05, 0.1) is 0 Å². The quantitative estimate of drug-likeness (QED) is 0.876. The van der Waals surface area contributed by atoms with Gasteiger partial charge in [0.15, 0.2) is 0 Å². The number of nitrogens with zero attached hydrogens (tertiary/aromatic N) is 2. The molecule has 0 saturated carbocycles. The lowest BCUT2D eigenvalue weighted by Crippen LogP contribution is -2.50. The minimum absolute atomic E-state index is 0.0103. The van der Waals surface area contributed by atoms with E-state index < -0.39 is 5.82 Å². The number of aromatic hydroxyl groups is 1. The third-order valence-corrected chi connectivity index (χ3v) is 4.93. The molecule has 1 heterocycles. The summed E-state index contributed by atoms with van der Waals surface area (Å²) in [5.74, 6) is -1.20. The molecule has 0 aromatic heterocycles. The highest BCUT2D eigenvalue weighted by Gasteiger charge is 2.26. The van der Waals surface area contributed by atoms with Gasteiger partial charge in [-0.1, -0.05) is 11.6 Å². The van der Waals surface area contributed by atoms with Crippen LogP contribution in [0.4, 0.5) is 4.39 Å². The summed E-state index contributed by atoms with van der Waals surface area (Å²) in [4.78, 5) is 27.5. The molecule has 1 saturated heterocycles. The second-order valence-electron chi connectivity index (χ2n) is 6.36. The molecule has 5 nitrogen and oxygen atoms in total. The SMILES string of the molecule is Cc1cc(O)c(-c2cc(C(=O)N3CCN(C)C(=O)C3)ccc2F)cc1Cl. The van der Waals surface area contributed by atoms with Crippen LogP contribution in [0.1, 0.15) is 15.9 Å². The van der Waals surface area contributed by atoms with E-state index in [2.05, 4.69) is 0 Å². The first-order valence-electron chi connectivity index (χ1n) is 8.10. The van der Waals surface area contributed by atoms with Crippen LogP contribution in [0.2, 0.25) is 5.02 Å². The van der Waals surface area contributed by atoms with Crippen molar-refractivity contribution in [2.24, 2.45) is 0 Å². The molecule has 1 N–H and O–H groups in total. The molecular weight excluding hydrogens is 359 g/mol. The van der Waals surface area contributed by atoms with E-state index in [0.717, 1.165) is 0 Å². The second kappa shape index (κ2) is 6.96. The maximum atomic E-state index is 14.3. The summed E-state index contributed by atoms with van der Waals surface area (Å²) in [6, 6.07) is 6.84. The first-order chi connectivity index (χ1) is 12.3. The van der Waals surface area contributed by atoms with Gasteiger partial charge >= 0.3 is 0 Å². The van der Waals surface area contributed by atoms with E-state index in [1.165, 1.54) is 35.2 Å². The van der Waals surface area contributed by atoms with Crippen molar-refractivity contribution in [3.63, 3.8) is 0 Å². The van der Waals surface area contributed by atoms with E-state index in [1.54, 1.807) is 18.9 Å². The van der Waals surface area contributed by atoms with Gasteiger partial charge in [0, 0.05) is 41.9 Å². The summed E-state index contributed by atoms with van der Waals surface area (Å²) < 4.78 is 14.3. The molecule has 3 rings (SSSR count). The number of aryl methyl sites for hydroxylation is 1. The Hall–Kier alpha value is -2.60. The van der Waals surface area contributed by atoms with Crippen molar-refractivity contribution < 1.29 is 19.1 Å². The van der Waals surface area contributed by atoms with Gasteiger partial charge in [-0.05, 0) is 42.8 Å². The van der Waals surface area contributed by atoms with Crippen molar-refractivity contribution in [1.82, 2.24) is 9.80 Å². The van der Waals surface area contributed by atoms with Crippen molar-refractivity contribution in [3.8, 4) is 16.9 Å². The summed E-state index contributed by atoms with van der Waals surface area (Å²) in [6.07, 6.45) is 0. The molecule has 0 radical (unpaired) electrons. The van der Waals surface area contributed by atoms with Crippen LogP contribution in [0.5, 0.6) is 5.75 Å². The zero-order valence-electron chi connectivity index (χ0n) is 14.4. The first kappa shape index (κ1) is 18.2. The molecule has 2 aromatic rings. The number of likely N-dealkylation sites (N-methyl/N-ethyl adjacent to an activating group) is 1. The molecule has 0 aliphatic carbocycles. The van der Waals surface area contributed by atoms with Gasteiger partial charge in [0.2, 0.25) is 5.91 Å². The Labute approximate surface area is 155 Å². The van der Waals surface area contributed by atoms with E-state index in [1.807, 2.05) is 0 Å². The molecule has 0 bridgehead atoms. The van der Waals surface area contributed by atoms with Gasteiger partial charge in [0.1, 0.15) is 18.1 Å². The van der Waals surface area contributed by atoms with Crippen LogP contribution in [0.25, 0.3) is 11.1 Å². The number of phenols is 1. The zero-order chi connectivity index (χ0) is 19.0. The third-order valence-electron chi connectivity index (χ3n) is 4.52. The van der Waals surface area contributed by atoms with E-state index in [9.17, 15) is 19.1 Å². The number of amides is 2. The molecule has 1 aliphatic rings. The minimum atomic E-state index is -0.578. The fourth-order valence-corrected chi connectivity index (χ4v) is 3.02. The van der Waals surface area contributed by atoms with Crippen LogP contribution in [-0.2, 0) is 4.79 Å². The maximum Gasteiger partial charge on any atom is 0.254 e. The number of carbonyl (C=O) groups is 2. The summed E-state index contributed by atoms with van der Waals surface area (Å²) >= 11 is 6.09. The van der Waals surface area contributed by atoms with Crippen molar-refractivity contribution in [2.45, 2.75) is 6.92 Å². The van der Waals surface area contributed by atoms with Crippen LogP contribution in [0, 0.1) is 12.7 Å². The predicted molar refractivity (Wildman–Crippen MR) is 96.8 cm³/mol. The third kappa shape index (κ3) is 3.37. The van der Waals surface area contributed by atoms with Crippen molar-refractivity contribution >= 4 is 23.4 Å². The summed E-state index contributed by atoms with van der Waals surface area (Å²) in [7, 11) is 1.68. The Kier molecular flexibility index (Phi) is 4.87. The Morgan fingerprint density at radius 1 is 1.19 bits per heavy atom. The number of hydrogen-bond acceptors (Lipinski definition) is 3. The molecule has 2 aromatic carbocycles. The Balaban J connectivity index is 1.97. The summed E-state index contributed by atoms with van der Waals surface area (Å²) in [5.41, 5.74) is 1.20. The number of benzene rings is 2. The lowest BCUT2D eigenvalue weighted by Gasteiger charge is -2.32. The molecule has 7 heteroatoms. The Bertz CT molecular complexity index is 901. The van der Waals surface area contributed by atoms with Gasteiger partial charge < -0.3 is 14.9 Å². The highest BCUT2D eigenvalue weighted by molar-refractivity contribution is 6.31. The lowest BCUT2D eigenvalue weighted by molar-refractivity contribution is -0.133. The first-order valence-corrected chi connectivity index (χ1v) is 8.48. The van der Waals surface area contributed by atoms with Crippen LogP contribution >= 0.6 is 11.6 Å². The van der Waals surface area contributed by atoms with E-state index in [-0.39, 0.29) is 40.8 Å². The van der Waals surface area contributed by atoms with Gasteiger partial charge in [-0.25, -0.2) is 4.39 Å². The smallest absolute Gasteiger partial charge is 0.254 e. The Morgan fingerprint density at radius 2 is 1.92 bits per heavy atom. The molecule has 1 aliphatic heterocycles. The number of rotatable bonds is 2. The predicted octanol–water partition coefficient (Wildman–Crippen LogP) is 3.07. The highest BCUT2D eigenvalue weighted by atomic mass is 35.5. The van der Waals surface area contributed by atoms with Crippen LogP contribution in [0.3, 0.4) is 0 Å². The summed E-state index contributed by atoms with van der Waals surface area (Å²) in [5, 5.41) is 10.6. The number of hydrogen-bond donors (Lipinski definition) is 1. The molecular formula is C19H18ClFN2O3. The molecule has 136 valence electrons. The van der Waals surface area contributed by atoms with Gasteiger partial charge in [-0.2, -0.15) is 0 Å². The monoisotopic (exact) mass is 376 g/mol. The normalized spacial score (nSPS) is 14.7. The molecule has 26 heavy (non-hydrogen) atoms. The summed E-state index contributed by atoms with van der Waals surface area (Å²) in [6.45, 7) is 2.58. The standard InChI is InChI=1S/C19H18ClFN2O3/c1-11-7-17(24)14(9-15(11)20)13-8-12(3-4-16(13)21)19(26)23-6-5-22(2)18(25)10-23/h3-4,7-9,24H,5-6,10H2,1-2H3. The topological polar surface area (TPSA) is 60.9 Å². The fraction of sp³-hybridized carbons (Fsp3) is 0.263. The fourth-order valence-electron chi connectivity index (χ4n) is 2.86. The minimum Gasteiger partial charge on any atom is -0.507 e.